The number of rotatable bonds is 3. The average Bonchev–Trinajstić information content (AvgIpc) is 2.46. The van der Waals surface area contributed by atoms with Crippen LogP contribution in [0.1, 0.15) is 56.0 Å². The standard InChI is InChI=1S/C18H28N2O/c1-18(2,3)16-11-6-5-10-15(16)17(21)20(4)13-14-9-7-8-12-19-14/h5-6,10-11,14,19H,7-9,12-13H2,1-4H3. The Balaban J connectivity index is 2.12. The summed E-state index contributed by atoms with van der Waals surface area (Å²) in [5.41, 5.74) is 1.94. The van der Waals surface area contributed by atoms with Gasteiger partial charge in [0.25, 0.3) is 5.91 Å². The Kier molecular flexibility index (Phi) is 5.04. The van der Waals surface area contributed by atoms with Gasteiger partial charge in [0.05, 0.1) is 0 Å². The second kappa shape index (κ2) is 6.61. The minimum absolute atomic E-state index is 0.0177. The molecule has 2 rings (SSSR count). The molecule has 0 radical (unpaired) electrons. The predicted molar refractivity (Wildman–Crippen MR) is 87.7 cm³/mol. The van der Waals surface area contributed by atoms with Gasteiger partial charge in [-0.25, -0.2) is 0 Å². The Labute approximate surface area is 128 Å². The molecule has 1 fully saturated rings. The van der Waals surface area contributed by atoms with Crippen LogP contribution >= 0.6 is 0 Å². The average molecular weight is 288 g/mol. The summed E-state index contributed by atoms with van der Waals surface area (Å²) in [6.07, 6.45) is 3.68. The normalized spacial score (nSPS) is 19.3. The molecule has 1 amide bonds. The number of benzene rings is 1. The Morgan fingerprint density at radius 2 is 2.00 bits per heavy atom. The second-order valence-electron chi connectivity index (χ2n) is 7.13. The maximum Gasteiger partial charge on any atom is 0.253 e. The van der Waals surface area contributed by atoms with Gasteiger partial charge >= 0.3 is 0 Å². The molecule has 3 heteroatoms. The van der Waals surface area contributed by atoms with Crippen LogP contribution in [0.5, 0.6) is 0 Å². The number of hydrogen-bond donors (Lipinski definition) is 1. The predicted octanol–water partition coefficient (Wildman–Crippen LogP) is 3.20. The highest BCUT2D eigenvalue weighted by molar-refractivity contribution is 5.96. The van der Waals surface area contributed by atoms with E-state index in [2.05, 4.69) is 32.2 Å². The zero-order chi connectivity index (χ0) is 15.5. The Morgan fingerprint density at radius 1 is 1.29 bits per heavy atom. The molecule has 0 aliphatic carbocycles. The first kappa shape index (κ1) is 16.0. The quantitative estimate of drug-likeness (QED) is 0.926. The van der Waals surface area contributed by atoms with Crippen molar-refractivity contribution in [1.29, 1.82) is 0 Å². The zero-order valence-corrected chi connectivity index (χ0v) is 13.8. The van der Waals surface area contributed by atoms with Crippen molar-refractivity contribution in [3.8, 4) is 0 Å². The molecule has 0 saturated carbocycles. The molecule has 1 atom stereocenters. The molecule has 1 N–H and O–H groups in total. The lowest BCUT2D eigenvalue weighted by Gasteiger charge is -2.30. The SMILES string of the molecule is CN(CC1CCCCN1)C(=O)c1ccccc1C(C)(C)C. The highest BCUT2D eigenvalue weighted by Gasteiger charge is 2.24. The van der Waals surface area contributed by atoms with Crippen LogP contribution in [0, 0.1) is 0 Å². The maximum atomic E-state index is 12.8. The molecular formula is C18H28N2O. The first-order valence-electron chi connectivity index (χ1n) is 7.98. The van der Waals surface area contributed by atoms with Crippen LogP contribution in [0.2, 0.25) is 0 Å². The minimum Gasteiger partial charge on any atom is -0.340 e. The van der Waals surface area contributed by atoms with Gasteiger partial charge < -0.3 is 10.2 Å². The van der Waals surface area contributed by atoms with Crippen molar-refractivity contribution in [2.24, 2.45) is 0 Å². The van der Waals surface area contributed by atoms with Crippen LogP contribution in [0.4, 0.5) is 0 Å². The zero-order valence-electron chi connectivity index (χ0n) is 13.8. The molecule has 0 spiro atoms. The lowest BCUT2D eigenvalue weighted by atomic mass is 9.83. The van der Waals surface area contributed by atoms with Crippen molar-refractivity contribution in [1.82, 2.24) is 10.2 Å². The molecule has 1 aromatic rings. The molecule has 1 aliphatic rings. The van der Waals surface area contributed by atoms with Crippen molar-refractivity contribution in [3.05, 3.63) is 35.4 Å². The monoisotopic (exact) mass is 288 g/mol. The first-order chi connectivity index (χ1) is 9.89. The maximum absolute atomic E-state index is 12.8. The lowest BCUT2D eigenvalue weighted by molar-refractivity contribution is 0.0773. The first-order valence-corrected chi connectivity index (χ1v) is 7.98. The highest BCUT2D eigenvalue weighted by Crippen LogP contribution is 2.26. The number of hydrogen-bond acceptors (Lipinski definition) is 2. The van der Waals surface area contributed by atoms with E-state index in [1.165, 1.54) is 19.3 Å². The van der Waals surface area contributed by atoms with Crippen molar-refractivity contribution in [2.45, 2.75) is 51.5 Å². The fourth-order valence-corrected chi connectivity index (χ4v) is 3.02. The molecule has 1 aliphatic heterocycles. The van der Waals surface area contributed by atoms with Gasteiger partial charge in [-0.1, -0.05) is 45.4 Å². The van der Waals surface area contributed by atoms with E-state index >= 15 is 0 Å². The number of nitrogens with zero attached hydrogens (tertiary/aromatic N) is 1. The van der Waals surface area contributed by atoms with Gasteiger partial charge in [0.2, 0.25) is 0 Å². The highest BCUT2D eigenvalue weighted by atomic mass is 16.2. The van der Waals surface area contributed by atoms with E-state index in [1.807, 2.05) is 30.1 Å². The van der Waals surface area contributed by atoms with Gasteiger partial charge in [0.1, 0.15) is 0 Å². The summed E-state index contributed by atoms with van der Waals surface area (Å²) in [6, 6.07) is 8.43. The molecule has 0 aromatic heterocycles. The molecule has 21 heavy (non-hydrogen) atoms. The molecular weight excluding hydrogens is 260 g/mol. The third-order valence-corrected chi connectivity index (χ3v) is 4.22. The van der Waals surface area contributed by atoms with E-state index in [4.69, 9.17) is 0 Å². The molecule has 1 aromatic carbocycles. The Hall–Kier alpha value is -1.35. The van der Waals surface area contributed by atoms with Crippen LogP contribution in [0.25, 0.3) is 0 Å². The molecule has 116 valence electrons. The second-order valence-corrected chi connectivity index (χ2v) is 7.13. The number of piperidine rings is 1. The number of nitrogens with one attached hydrogen (secondary N) is 1. The van der Waals surface area contributed by atoms with Crippen molar-refractivity contribution in [3.63, 3.8) is 0 Å². The summed E-state index contributed by atoms with van der Waals surface area (Å²) in [4.78, 5) is 14.7. The minimum atomic E-state index is -0.0177. The summed E-state index contributed by atoms with van der Waals surface area (Å²) < 4.78 is 0. The van der Waals surface area contributed by atoms with Crippen molar-refractivity contribution >= 4 is 5.91 Å². The third-order valence-electron chi connectivity index (χ3n) is 4.22. The molecule has 0 bridgehead atoms. The van der Waals surface area contributed by atoms with E-state index < -0.39 is 0 Å². The molecule has 1 saturated heterocycles. The topological polar surface area (TPSA) is 32.3 Å². The fourth-order valence-electron chi connectivity index (χ4n) is 3.02. The molecule has 3 nitrogen and oxygen atoms in total. The molecule has 1 unspecified atom stereocenters. The summed E-state index contributed by atoms with van der Waals surface area (Å²) >= 11 is 0. The van der Waals surface area contributed by atoms with Crippen LogP contribution < -0.4 is 5.32 Å². The fraction of sp³-hybridized carbons (Fsp3) is 0.611. The van der Waals surface area contributed by atoms with E-state index in [-0.39, 0.29) is 11.3 Å². The van der Waals surface area contributed by atoms with Crippen molar-refractivity contribution < 1.29 is 4.79 Å². The summed E-state index contributed by atoms with van der Waals surface area (Å²) in [5, 5.41) is 3.51. The lowest BCUT2D eigenvalue weighted by Crippen LogP contribution is -2.44. The van der Waals surface area contributed by atoms with Crippen LogP contribution in [-0.4, -0.2) is 37.0 Å². The smallest absolute Gasteiger partial charge is 0.253 e. The van der Waals surface area contributed by atoms with E-state index in [1.54, 1.807) is 0 Å². The number of carbonyl (C=O) groups excluding carboxylic acids is 1. The van der Waals surface area contributed by atoms with Crippen LogP contribution in [0.3, 0.4) is 0 Å². The summed E-state index contributed by atoms with van der Waals surface area (Å²) in [6.45, 7) is 8.33. The van der Waals surface area contributed by atoms with Crippen LogP contribution in [0.15, 0.2) is 24.3 Å². The van der Waals surface area contributed by atoms with Gasteiger partial charge in [-0.15, -0.1) is 0 Å². The van der Waals surface area contributed by atoms with E-state index in [0.717, 1.165) is 24.2 Å². The number of likely N-dealkylation sites (N-methyl/N-ethyl adjacent to an activating group) is 1. The van der Waals surface area contributed by atoms with Gasteiger partial charge in [-0.2, -0.15) is 0 Å². The van der Waals surface area contributed by atoms with Gasteiger partial charge in [0, 0.05) is 25.2 Å². The summed E-state index contributed by atoms with van der Waals surface area (Å²) in [5.74, 6) is 0.132. The number of carbonyl (C=O) groups is 1. The van der Waals surface area contributed by atoms with Gasteiger partial charge in [-0.05, 0) is 36.4 Å². The molecule has 1 heterocycles. The van der Waals surface area contributed by atoms with E-state index in [9.17, 15) is 4.79 Å². The van der Waals surface area contributed by atoms with Crippen molar-refractivity contribution in [2.75, 3.05) is 20.1 Å². The van der Waals surface area contributed by atoms with Gasteiger partial charge in [0.15, 0.2) is 0 Å². The van der Waals surface area contributed by atoms with Crippen LogP contribution in [-0.2, 0) is 5.41 Å². The van der Waals surface area contributed by atoms with E-state index in [0.29, 0.717) is 6.04 Å². The van der Waals surface area contributed by atoms with Gasteiger partial charge in [-0.3, -0.25) is 4.79 Å². The Bertz CT molecular complexity index is 484. The summed E-state index contributed by atoms with van der Waals surface area (Å²) in [7, 11) is 1.91. The largest absolute Gasteiger partial charge is 0.340 e. The Morgan fingerprint density at radius 3 is 2.62 bits per heavy atom. The number of amides is 1. The third kappa shape index (κ3) is 4.07.